The first-order valence-electron chi connectivity index (χ1n) is 4.73. The summed E-state index contributed by atoms with van der Waals surface area (Å²) in [6.45, 7) is 2.11. The molecule has 0 aliphatic heterocycles. The summed E-state index contributed by atoms with van der Waals surface area (Å²) in [6.07, 6.45) is -0.356. The molecule has 0 saturated carbocycles. The Morgan fingerprint density at radius 3 is 2.47 bits per heavy atom. The third-order valence-electron chi connectivity index (χ3n) is 1.98. The standard InChI is InChI=1S/C11H15NO2S/c1-4-15-10-7-5-9(6-8-10)12(2)11(13)14-3/h5-8H,4H2,1-3H3. The summed E-state index contributed by atoms with van der Waals surface area (Å²) in [6, 6.07) is 7.83. The number of rotatable bonds is 3. The summed E-state index contributed by atoms with van der Waals surface area (Å²) < 4.78 is 4.63. The molecule has 0 atom stereocenters. The fourth-order valence-corrected chi connectivity index (χ4v) is 1.84. The molecule has 82 valence electrons. The minimum atomic E-state index is -0.356. The second-order valence-electron chi connectivity index (χ2n) is 2.96. The highest BCUT2D eigenvalue weighted by Gasteiger charge is 2.09. The number of carbonyl (C=O) groups is 1. The first-order valence-corrected chi connectivity index (χ1v) is 5.72. The van der Waals surface area contributed by atoms with Crippen molar-refractivity contribution >= 4 is 23.5 Å². The van der Waals surface area contributed by atoms with Crippen LogP contribution in [-0.2, 0) is 4.74 Å². The maximum Gasteiger partial charge on any atom is 0.413 e. The van der Waals surface area contributed by atoms with Crippen LogP contribution in [0.4, 0.5) is 10.5 Å². The number of anilines is 1. The molecule has 0 radical (unpaired) electrons. The molecular formula is C11H15NO2S. The van der Waals surface area contributed by atoms with Crippen LogP contribution in [0.25, 0.3) is 0 Å². The fourth-order valence-electron chi connectivity index (χ4n) is 1.17. The Morgan fingerprint density at radius 1 is 1.40 bits per heavy atom. The van der Waals surface area contributed by atoms with E-state index in [9.17, 15) is 4.79 Å². The minimum absolute atomic E-state index is 0.356. The fraction of sp³-hybridized carbons (Fsp3) is 0.364. The van der Waals surface area contributed by atoms with Crippen molar-refractivity contribution in [3.05, 3.63) is 24.3 Å². The average molecular weight is 225 g/mol. The molecule has 15 heavy (non-hydrogen) atoms. The van der Waals surface area contributed by atoms with E-state index in [1.807, 2.05) is 24.3 Å². The van der Waals surface area contributed by atoms with Crippen LogP contribution in [0.1, 0.15) is 6.92 Å². The molecule has 1 aromatic rings. The maximum absolute atomic E-state index is 11.2. The number of ether oxygens (including phenoxy) is 1. The maximum atomic E-state index is 11.2. The molecule has 4 heteroatoms. The highest BCUT2D eigenvalue weighted by Crippen LogP contribution is 2.21. The third-order valence-corrected chi connectivity index (χ3v) is 2.88. The predicted molar refractivity (Wildman–Crippen MR) is 63.6 cm³/mol. The number of hydrogen-bond acceptors (Lipinski definition) is 3. The molecule has 0 fully saturated rings. The Kier molecular flexibility index (Phi) is 4.49. The van der Waals surface area contributed by atoms with Crippen LogP contribution in [-0.4, -0.2) is 26.0 Å². The lowest BCUT2D eigenvalue weighted by molar-refractivity contribution is 0.180. The van der Waals surface area contributed by atoms with Crippen LogP contribution in [0.3, 0.4) is 0 Å². The lowest BCUT2D eigenvalue weighted by Gasteiger charge is -2.15. The predicted octanol–water partition coefficient (Wildman–Crippen LogP) is 3.00. The number of benzene rings is 1. The van der Waals surface area contributed by atoms with Crippen molar-refractivity contribution in [3.8, 4) is 0 Å². The molecule has 0 heterocycles. The van der Waals surface area contributed by atoms with Crippen LogP contribution in [0, 0.1) is 0 Å². The molecule has 0 spiro atoms. The lowest BCUT2D eigenvalue weighted by Crippen LogP contribution is -2.25. The summed E-state index contributed by atoms with van der Waals surface area (Å²) in [4.78, 5) is 13.9. The Hall–Kier alpha value is -1.16. The van der Waals surface area contributed by atoms with Gasteiger partial charge in [-0.1, -0.05) is 6.92 Å². The van der Waals surface area contributed by atoms with Gasteiger partial charge in [0.1, 0.15) is 0 Å². The van der Waals surface area contributed by atoms with Crippen molar-refractivity contribution in [2.75, 3.05) is 24.8 Å². The van der Waals surface area contributed by atoms with Gasteiger partial charge in [0.15, 0.2) is 0 Å². The number of nitrogens with zero attached hydrogens (tertiary/aromatic N) is 1. The normalized spacial score (nSPS) is 9.80. The zero-order valence-corrected chi connectivity index (χ0v) is 10.0. The van der Waals surface area contributed by atoms with E-state index in [1.165, 1.54) is 16.9 Å². The Bertz CT molecular complexity index is 324. The van der Waals surface area contributed by atoms with Crippen molar-refractivity contribution in [1.82, 2.24) is 0 Å². The van der Waals surface area contributed by atoms with Gasteiger partial charge >= 0.3 is 6.09 Å². The van der Waals surface area contributed by atoms with Gasteiger partial charge in [0.05, 0.1) is 7.11 Å². The van der Waals surface area contributed by atoms with Crippen molar-refractivity contribution in [1.29, 1.82) is 0 Å². The zero-order valence-electron chi connectivity index (χ0n) is 9.19. The molecule has 1 amide bonds. The molecular weight excluding hydrogens is 210 g/mol. The third kappa shape index (κ3) is 3.16. The van der Waals surface area contributed by atoms with E-state index in [1.54, 1.807) is 18.8 Å². The largest absolute Gasteiger partial charge is 0.452 e. The molecule has 0 saturated heterocycles. The van der Waals surface area contributed by atoms with Crippen molar-refractivity contribution < 1.29 is 9.53 Å². The second-order valence-corrected chi connectivity index (χ2v) is 4.29. The Labute approximate surface area is 94.4 Å². The van der Waals surface area contributed by atoms with Gasteiger partial charge in [-0.05, 0) is 30.0 Å². The molecule has 3 nitrogen and oxygen atoms in total. The van der Waals surface area contributed by atoms with E-state index in [0.717, 1.165) is 11.4 Å². The quantitative estimate of drug-likeness (QED) is 0.741. The SMILES string of the molecule is CCSc1ccc(N(C)C(=O)OC)cc1. The molecule has 1 rings (SSSR count). The minimum Gasteiger partial charge on any atom is -0.452 e. The zero-order chi connectivity index (χ0) is 11.3. The van der Waals surface area contributed by atoms with Gasteiger partial charge < -0.3 is 4.74 Å². The van der Waals surface area contributed by atoms with Gasteiger partial charge in [-0.3, -0.25) is 4.90 Å². The van der Waals surface area contributed by atoms with Crippen LogP contribution in [0.5, 0.6) is 0 Å². The molecule has 0 unspecified atom stereocenters. The highest BCUT2D eigenvalue weighted by molar-refractivity contribution is 7.99. The van der Waals surface area contributed by atoms with Gasteiger partial charge in [-0.25, -0.2) is 4.79 Å². The van der Waals surface area contributed by atoms with Gasteiger partial charge in [-0.2, -0.15) is 0 Å². The summed E-state index contributed by atoms with van der Waals surface area (Å²) in [5.41, 5.74) is 0.835. The van der Waals surface area contributed by atoms with Crippen molar-refractivity contribution in [2.24, 2.45) is 0 Å². The van der Waals surface area contributed by atoms with Crippen LogP contribution >= 0.6 is 11.8 Å². The van der Waals surface area contributed by atoms with Crippen LogP contribution in [0.2, 0.25) is 0 Å². The summed E-state index contributed by atoms with van der Waals surface area (Å²) in [7, 11) is 3.06. The van der Waals surface area contributed by atoms with E-state index in [2.05, 4.69) is 11.7 Å². The number of carbonyl (C=O) groups excluding carboxylic acids is 1. The lowest BCUT2D eigenvalue weighted by atomic mass is 10.3. The molecule has 0 aliphatic carbocycles. The van der Waals surface area contributed by atoms with Crippen molar-refractivity contribution in [3.63, 3.8) is 0 Å². The molecule has 0 aliphatic rings. The number of amides is 1. The first kappa shape index (κ1) is 11.9. The van der Waals surface area contributed by atoms with Gasteiger partial charge in [0, 0.05) is 17.6 Å². The van der Waals surface area contributed by atoms with Crippen LogP contribution < -0.4 is 4.90 Å². The smallest absolute Gasteiger partial charge is 0.413 e. The van der Waals surface area contributed by atoms with Crippen LogP contribution in [0.15, 0.2) is 29.2 Å². The average Bonchev–Trinajstić information content (AvgIpc) is 2.28. The molecule has 0 aromatic heterocycles. The van der Waals surface area contributed by atoms with E-state index in [0.29, 0.717) is 0 Å². The first-order chi connectivity index (χ1) is 7.19. The number of methoxy groups -OCH3 is 1. The van der Waals surface area contributed by atoms with Gasteiger partial charge in [0.25, 0.3) is 0 Å². The summed E-state index contributed by atoms with van der Waals surface area (Å²) >= 11 is 1.78. The van der Waals surface area contributed by atoms with Gasteiger partial charge in [0.2, 0.25) is 0 Å². The van der Waals surface area contributed by atoms with E-state index >= 15 is 0 Å². The molecule has 0 N–H and O–H groups in total. The molecule has 1 aromatic carbocycles. The van der Waals surface area contributed by atoms with E-state index in [4.69, 9.17) is 0 Å². The van der Waals surface area contributed by atoms with E-state index in [-0.39, 0.29) is 6.09 Å². The van der Waals surface area contributed by atoms with Gasteiger partial charge in [-0.15, -0.1) is 11.8 Å². The highest BCUT2D eigenvalue weighted by atomic mass is 32.2. The monoisotopic (exact) mass is 225 g/mol. The number of thioether (sulfide) groups is 1. The molecule has 0 bridgehead atoms. The Morgan fingerprint density at radius 2 is 2.00 bits per heavy atom. The topological polar surface area (TPSA) is 29.5 Å². The Balaban J connectivity index is 2.75. The summed E-state index contributed by atoms with van der Waals surface area (Å²) in [5, 5.41) is 0. The van der Waals surface area contributed by atoms with Crippen molar-refractivity contribution in [2.45, 2.75) is 11.8 Å². The second kappa shape index (κ2) is 5.66. The summed E-state index contributed by atoms with van der Waals surface area (Å²) in [5.74, 6) is 1.05. The number of hydrogen-bond donors (Lipinski definition) is 0. The van der Waals surface area contributed by atoms with E-state index < -0.39 is 0 Å².